The number of carboxylic acid groups (broad SMARTS) is 1. The molecule has 1 aliphatic heterocycles. The third-order valence-electron chi connectivity index (χ3n) is 2.34. The first-order valence-corrected chi connectivity index (χ1v) is 5.14. The number of benzene rings is 1. The molecular weight excluding hydrogens is 242 g/mol. The summed E-state index contributed by atoms with van der Waals surface area (Å²) in [6.07, 6.45) is 0. The molecule has 1 heterocycles. The van der Waals surface area contributed by atoms with Gasteiger partial charge in [-0.1, -0.05) is 6.07 Å². The molecule has 0 unspecified atom stereocenters. The van der Waals surface area contributed by atoms with Gasteiger partial charge in [0.25, 0.3) is 5.91 Å². The highest BCUT2D eigenvalue weighted by Crippen LogP contribution is 2.21. The third-order valence-corrected chi connectivity index (χ3v) is 2.76. The zero-order valence-corrected chi connectivity index (χ0v) is 9.48. The highest BCUT2D eigenvalue weighted by Gasteiger charge is 2.32. The van der Waals surface area contributed by atoms with Gasteiger partial charge in [-0.3, -0.25) is 14.7 Å². The second-order valence-electron chi connectivity index (χ2n) is 3.50. The van der Waals surface area contributed by atoms with Crippen LogP contribution in [0.4, 0.5) is 5.69 Å². The van der Waals surface area contributed by atoms with Crippen LogP contribution in [0.5, 0.6) is 0 Å². The van der Waals surface area contributed by atoms with Crippen LogP contribution in [0.1, 0.15) is 10.4 Å². The van der Waals surface area contributed by atoms with E-state index in [1.54, 1.807) is 12.1 Å². The molecule has 1 saturated heterocycles. The van der Waals surface area contributed by atoms with Gasteiger partial charge in [0.2, 0.25) is 0 Å². The maximum Gasteiger partial charge on any atom is 0.335 e. The molecule has 0 atom stereocenters. The molecule has 0 saturated carbocycles. The number of carboxylic acids is 1. The van der Waals surface area contributed by atoms with Crippen LogP contribution < -0.4 is 10.7 Å². The van der Waals surface area contributed by atoms with Crippen molar-refractivity contribution >= 4 is 34.9 Å². The number of anilines is 1. The molecule has 17 heavy (non-hydrogen) atoms. The molecule has 0 aliphatic carbocycles. The van der Waals surface area contributed by atoms with Crippen LogP contribution >= 0.6 is 12.2 Å². The third kappa shape index (κ3) is 1.97. The topological polar surface area (TPSA) is 86.9 Å². The number of rotatable bonds is 2. The van der Waals surface area contributed by atoms with E-state index in [2.05, 4.69) is 0 Å². The lowest BCUT2D eigenvalue weighted by Crippen LogP contribution is -2.36. The summed E-state index contributed by atoms with van der Waals surface area (Å²) in [7, 11) is 0. The Morgan fingerprint density at radius 3 is 2.71 bits per heavy atom. The van der Waals surface area contributed by atoms with Gasteiger partial charge < -0.3 is 5.11 Å². The van der Waals surface area contributed by atoms with E-state index in [9.17, 15) is 9.59 Å². The van der Waals surface area contributed by atoms with Crippen molar-refractivity contribution in [1.29, 1.82) is 0 Å². The molecule has 6 nitrogen and oxygen atoms in total. The van der Waals surface area contributed by atoms with Crippen molar-refractivity contribution in [3.63, 3.8) is 0 Å². The highest BCUT2D eigenvalue weighted by molar-refractivity contribution is 7.80. The minimum absolute atomic E-state index is 0.00384. The lowest BCUT2D eigenvalue weighted by molar-refractivity contribution is -0.116. The van der Waals surface area contributed by atoms with E-state index in [1.165, 1.54) is 17.0 Å². The van der Waals surface area contributed by atoms with Crippen LogP contribution in [-0.2, 0) is 4.79 Å². The fourth-order valence-electron chi connectivity index (χ4n) is 1.55. The molecule has 1 aromatic carbocycles. The summed E-state index contributed by atoms with van der Waals surface area (Å²) >= 11 is 4.99. The summed E-state index contributed by atoms with van der Waals surface area (Å²) in [4.78, 5) is 23.7. The fraction of sp³-hybridized carbons (Fsp3) is 0.100. The number of nitrogens with zero attached hydrogens (tertiary/aromatic N) is 2. The van der Waals surface area contributed by atoms with E-state index < -0.39 is 5.97 Å². The van der Waals surface area contributed by atoms with Gasteiger partial charge in [-0.25, -0.2) is 10.6 Å². The van der Waals surface area contributed by atoms with Crippen molar-refractivity contribution in [2.45, 2.75) is 0 Å². The Kier molecular flexibility index (Phi) is 2.78. The predicted molar refractivity (Wildman–Crippen MR) is 64.4 cm³/mol. The number of hydrazine groups is 1. The molecular formula is C10H9N3O3S. The van der Waals surface area contributed by atoms with Gasteiger partial charge in [0.1, 0.15) is 6.54 Å². The molecule has 1 aliphatic rings. The van der Waals surface area contributed by atoms with Gasteiger partial charge in [0.05, 0.1) is 11.3 Å². The van der Waals surface area contributed by atoms with Crippen molar-refractivity contribution in [1.82, 2.24) is 5.01 Å². The zero-order chi connectivity index (χ0) is 12.6. The smallest absolute Gasteiger partial charge is 0.335 e. The van der Waals surface area contributed by atoms with Crippen molar-refractivity contribution < 1.29 is 14.7 Å². The van der Waals surface area contributed by atoms with E-state index >= 15 is 0 Å². The van der Waals surface area contributed by atoms with Crippen LogP contribution in [0, 0.1) is 0 Å². The van der Waals surface area contributed by atoms with E-state index in [1.807, 2.05) is 0 Å². The van der Waals surface area contributed by atoms with Gasteiger partial charge >= 0.3 is 5.97 Å². The Labute approximate surface area is 102 Å². The first-order valence-electron chi connectivity index (χ1n) is 4.73. The summed E-state index contributed by atoms with van der Waals surface area (Å²) in [5.41, 5.74) is 0.501. The molecule has 0 spiro atoms. The minimum Gasteiger partial charge on any atom is -0.478 e. The number of amides is 1. The number of nitrogens with two attached hydrogens (primary N) is 1. The van der Waals surface area contributed by atoms with E-state index in [0.717, 1.165) is 5.01 Å². The van der Waals surface area contributed by atoms with Crippen molar-refractivity contribution in [2.24, 2.45) is 5.84 Å². The molecule has 2 rings (SSSR count). The Morgan fingerprint density at radius 2 is 2.18 bits per heavy atom. The molecule has 1 fully saturated rings. The molecule has 0 radical (unpaired) electrons. The summed E-state index contributed by atoms with van der Waals surface area (Å²) in [6, 6.07) is 5.98. The average Bonchev–Trinajstić information content (AvgIpc) is 2.53. The highest BCUT2D eigenvalue weighted by atomic mass is 32.1. The van der Waals surface area contributed by atoms with E-state index in [0.29, 0.717) is 5.69 Å². The second kappa shape index (κ2) is 4.11. The molecule has 0 aromatic heterocycles. The summed E-state index contributed by atoms with van der Waals surface area (Å²) in [5, 5.41) is 10.2. The number of carbonyl (C=O) groups excluding carboxylic acids is 1. The normalized spacial score (nSPS) is 15.6. The Balaban J connectivity index is 2.40. The van der Waals surface area contributed by atoms with Crippen LogP contribution in [0.2, 0.25) is 0 Å². The summed E-state index contributed by atoms with van der Waals surface area (Å²) in [6.45, 7) is -0.00384. The van der Waals surface area contributed by atoms with Crippen molar-refractivity contribution in [3.05, 3.63) is 29.8 Å². The molecule has 1 aromatic rings. The molecule has 3 N–H and O–H groups in total. The first kappa shape index (κ1) is 11.5. The second-order valence-corrected chi connectivity index (χ2v) is 3.86. The van der Waals surface area contributed by atoms with Gasteiger partial charge in [-0.05, 0) is 30.4 Å². The zero-order valence-electron chi connectivity index (χ0n) is 8.66. The van der Waals surface area contributed by atoms with Crippen LogP contribution in [0.25, 0.3) is 0 Å². The molecule has 0 bridgehead atoms. The van der Waals surface area contributed by atoms with Crippen LogP contribution in [0.3, 0.4) is 0 Å². The summed E-state index contributed by atoms with van der Waals surface area (Å²) < 4.78 is 0. The maximum atomic E-state index is 11.6. The SMILES string of the molecule is NN1CC(=O)N(c2cccc(C(=O)O)c2)C1=S. The van der Waals surface area contributed by atoms with Gasteiger partial charge in [-0.2, -0.15) is 0 Å². The number of hydrogen-bond acceptors (Lipinski definition) is 4. The van der Waals surface area contributed by atoms with Crippen molar-refractivity contribution in [3.8, 4) is 0 Å². The quantitative estimate of drug-likeness (QED) is 0.576. The molecule has 7 heteroatoms. The number of carbonyl (C=O) groups is 2. The lowest BCUT2D eigenvalue weighted by atomic mass is 10.2. The van der Waals surface area contributed by atoms with Crippen LogP contribution in [-0.4, -0.2) is 33.6 Å². The Bertz CT molecular complexity index is 517. The first-order chi connectivity index (χ1) is 8.00. The average molecular weight is 251 g/mol. The fourth-order valence-corrected chi connectivity index (χ4v) is 1.82. The summed E-state index contributed by atoms with van der Waals surface area (Å²) in [5.74, 6) is 4.17. The number of aromatic carboxylic acids is 1. The maximum absolute atomic E-state index is 11.6. The molecule has 88 valence electrons. The molecule has 1 amide bonds. The van der Waals surface area contributed by atoms with Crippen molar-refractivity contribution in [2.75, 3.05) is 11.4 Å². The number of hydrogen-bond donors (Lipinski definition) is 2. The largest absolute Gasteiger partial charge is 0.478 e. The van der Waals surface area contributed by atoms with Gasteiger partial charge in [0, 0.05) is 0 Å². The number of thiocarbonyl (C=S) groups is 1. The van der Waals surface area contributed by atoms with Crippen LogP contribution in [0.15, 0.2) is 24.3 Å². The standard InChI is InChI=1S/C10H9N3O3S/c11-12-5-8(14)13(10(12)17)7-3-1-2-6(4-7)9(15)16/h1-4H,5,11H2,(H,15,16). The Hall–Kier alpha value is -1.99. The monoisotopic (exact) mass is 251 g/mol. The minimum atomic E-state index is -1.06. The van der Waals surface area contributed by atoms with Gasteiger partial charge in [-0.15, -0.1) is 0 Å². The van der Waals surface area contributed by atoms with Gasteiger partial charge in [0.15, 0.2) is 5.11 Å². The van der Waals surface area contributed by atoms with E-state index in [-0.39, 0.29) is 23.1 Å². The predicted octanol–water partition coefficient (Wildman–Crippen LogP) is 0.192. The lowest BCUT2D eigenvalue weighted by Gasteiger charge is -2.16. The Morgan fingerprint density at radius 1 is 1.47 bits per heavy atom. The van der Waals surface area contributed by atoms with E-state index in [4.69, 9.17) is 23.2 Å².